The molecule has 0 spiro atoms. The molecule has 0 saturated heterocycles. The minimum absolute atomic E-state index is 0.433. The molecule has 0 bridgehead atoms. The normalized spacial score (nSPS) is 14.1. The van der Waals surface area contributed by atoms with Crippen LogP contribution >= 0.6 is 0 Å². The maximum Gasteiger partial charge on any atom is 0.333 e. The van der Waals surface area contributed by atoms with Gasteiger partial charge in [0.05, 0.1) is 5.92 Å². The van der Waals surface area contributed by atoms with Gasteiger partial charge in [-0.05, 0) is 16.9 Å². The second-order valence-corrected chi connectivity index (χ2v) is 3.79. The molecular formula is C10H13NO4S. The second-order valence-electron chi connectivity index (χ2n) is 3.13. The molecule has 0 fully saturated rings. The zero-order chi connectivity index (χ0) is 12.0. The first-order valence-electron chi connectivity index (χ1n) is 4.77. The molecule has 0 aromatic heterocycles. The Morgan fingerprint density at radius 2 is 2.12 bits per heavy atom. The van der Waals surface area contributed by atoms with Gasteiger partial charge in [-0.3, -0.25) is 4.55 Å². The first-order valence-corrected chi connectivity index (χ1v) is 5.88. The molecule has 0 saturated carbocycles. The molecule has 1 aromatic carbocycles. The highest BCUT2D eigenvalue weighted by Gasteiger charge is 2.20. The third-order valence-electron chi connectivity index (χ3n) is 2.11. The molecule has 16 heavy (non-hydrogen) atoms. The minimum Gasteiger partial charge on any atom is -0.355 e. The number of hydrogen-bond donors (Lipinski definition) is 2. The standard InChI is InChI=1S/C10H13NO4S/c1-2-9(8-6-4-3-5-7-8)10(12)15-11-16(13)14/h3-7,9,11H,2H2,1H3,(H,13,14). The average Bonchev–Trinajstić information content (AvgIpc) is 2.29. The maximum atomic E-state index is 11.5. The van der Waals surface area contributed by atoms with Gasteiger partial charge in [0.25, 0.3) is 11.3 Å². The van der Waals surface area contributed by atoms with E-state index in [0.29, 0.717) is 6.42 Å². The fourth-order valence-corrected chi connectivity index (χ4v) is 1.53. The predicted molar refractivity (Wildman–Crippen MR) is 59.5 cm³/mol. The van der Waals surface area contributed by atoms with Crippen LogP contribution in [0.5, 0.6) is 0 Å². The van der Waals surface area contributed by atoms with Crippen molar-refractivity contribution < 1.29 is 18.4 Å². The van der Waals surface area contributed by atoms with E-state index in [1.807, 2.05) is 37.3 Å². The van der Waals surface area contributed by atoms with Crippen LogP contribution in [0.25, 0.3) is 0 Å². The van der Waals surface area contributed by atoms with Crippen LogP contribution in [0.1, 0.15) is 24.8 Å². The van der Waals surface area contributed by atoms with Crippen molar-refractivity contribution in [1.82, 2.24) is 4.89 Å². The molecule has 1 aromatic rings. The molecule has 88 valence electrons. The van der Waals surface area contributed by atoms with E-state index in [4.69, 9.17) is 4.55 Å². The number of carbonyl (C=O) groups is 1. The van der Waals surface area contributed by atoms with Crippen molar-refractivity contribution in [2.45, 2.75) is 19.3 Å². The van der Waals surface area contributed by atoms with Crippen LogP contribution in [0.15, 0.2) is 30.3 Å². The van der Waals surface area contributed by atoms with Crippen molar-refractivity contribution in [1.29, 1.82) is 0 Å². The molecule has 2 N–H and O–H groups in total. The summed E-state index contributed by atoms with van der Waals surface area (Å²) in [6.07, 6.45) is 0.558. The van der Waals surface area contributed by atoms with Crippen molar-refractivity contribution in [3.8, 4) is 0 Å². The second kappa shape index (κ2) is 6.37. The van der Waals surface area contributed by atoms with Crippen LogP contribution in [-0.4, -0.2) is 14.7 Å². The van der Waals surface area contributed by atoms with E-state index in [9.17, 15) is 9.00 Å². The van der Waals surface area contributed by atoms with Gasteiger partial charge in [-0.2, -0.15) is 0 Å². The number of carbonyl (C=O) groups excluding carboxylic acids is 1. The minimum atomic E-state index is -2.35. The van der Waals surface area contributed by atoms with E-state index < -0.39 is 23.2 Å². The molecular weight excluding hydrogens is 230 g/mol. The molecule has 0 aliphatic heterocycles. The van der Waals surface area contributed by atoms with E-state index in [0.717, 1.165) is 5.56 Å². The Balaban J connectivity index is 2.68. The Morgan fingerprint density at radius 3 is 2.62 bits per heavy atom. The van der Waals surface area contributed by atoms with Crippen molar-refractivity contribution in [3.05, 3.63) is 35.9 Å². The number of benzene rings is 1. The van der Waals surface area contributed by atoms with Crippen molar-refractivity contribution in [3.63, 3.8) is 0 Å². The maximum absolute atomic E-state index is 11.5. The van der Waals surface area contributed by atoms with Gasteiger partial charge in [0.1, 0.15) is 0 Å². The summed E-state index contributed by atoms with van der Waals surface area (Å²) in [5.41, 5.74) is 0.820. The molecule has 2 unspecified atom stereocenters. The molecule has 0 aliphatic rings. The summed E-state index contributed by atoms with van der Waals surface area (Å²) >= 11 is -2.35. The number of hydrogen-bond acceptors (Lipinski definition) is 3. The lowest BCUT2D eigenvalue weighted by molar-refractivity contribution is -0.149. The third-order valence-corrected chi connectivity index (χ3v) is 2.33. The Hall–Kier alpha value is -1.24. The summed E-state index contributed by atoms with van der Waals surface area (Å²) in [4.78, 5) is 17.7. The topological polar surface area (TPSA) is 75.6 Å². The van der Waals surface area contributed by atoms with Gasteiger partial charge < -0.3 is 4.84 Å². The molecule has 1 rings (SSSR count). The van der Waals surface area contributed by atoms with Crippen molar-refractivity contribution in [2.24, 2.45) is 0 Å². The molecule has 0 radical (unpaired) electrons. The van der Waals surface area contributed by atoms with Crippen LogP contribution < -0.4 is 4.89 Å². The highest BCUT2D eigenvalue weighted by atomic mass is 32.2. The average molecular weight is 243 g/mol. The van der Waals surface area contributed by atoms with E-state index >= 15 is 0 Å². The highest BCUT2D eigenvalue weighted by Crippen LogP contribution is 2.20. The fourth-order valence-electron chi connectivity index (χ4n) is 1.37. The SMILES string of the molecule is CCC(C(=O)ONS(=O)O)c1ccccc1. The van der Waals surface area contributed by atoms with Crippen LogP contribution in [-0.2, 0) is 20.9 Å². The van der Waals surface area contributed by atoms with Gasteiger partial charge in [0.15, 0.2) is 0 Å². The van der Waals surface area contributed by atoms with Crippen molar-refractivity contribution >= 4 is 17.2 Å². The van der Waals surface area contributed by atoms with Gasteiger partial charge in [0.2, 0.25) is 0 Å². The van der Waals surface area contributed by atoms with Crippen LogP contribution in [0.3, 0.4) is 0 Å². The van der Waals surface area contributed by atoms with Gasteiger partial charge >= 0.3 is 5.97 Å². The summed E-state index contributed by atoms with van der Waals surface area (Å²) in [6.45, 7) is 1.84. The summed E-state index contributed by atoms with van der Waals surface area (Å²) in [6, 6.07) is 9.12. The zero-order valence-electron chi connectivity index (χ0n) is 8.75. The predicted octanol–water partition coefficient (Wildman–Crippen LogP) is 1.36. The smallest absolute Gasteiger partial charge is 0.333 e. The molecule has 5 nitrogen and oxygen atoms in total. The van der Waals surface area contributed by atoms with Gasteiger partial charge in [0, 0.05) is 0 Å². The van der Waals surface area contributed by atoms with Crippen LogP contribution in [0.2, 0.25) is 0 Å². The van der Waals surface area contributed by atoms with Gasteiger partial charge in [-0.25, -0.2) is 9.00 Å². The lowest BCUT2D eigenvalue weighted by Gasteiger charge is -2.12. The monoisotopic (exact) mass is 243 g/mol. The van der Waals surface area contributed by atoms with E-state index in [1.54, 1.807) is 4.89 Å². The molecule has 0 aliphatic carbocycles. The Kier molecular flexibility index (Phi) is 5.10. The zero-order valence-corrected chi connectivity index (χ0v) is 9.57. The highest BCUT2D eigenvalue weighted by molar-refractivity contribution is 7.76. The third kappa shape index (κ3) is 3.73. The van der Waals surface area contributed by atoms with Crippen LogP contribution in [0.4, 0.5) is 0 Å². The first kappa shape index (κ1) is 12.8. The lowest BCUT2D eigenvalue weighted by atomic mass is 9.97. The van der Waals surface area contributed by atoms with Gasteiger partial charge in [-0.1, -0.05) is 37.3 Å². The quantitative estimate of drug-likeness (QED) is 0.605. The summed E-state index contributed by atoms with van der Waals surface area (Å²) in [5, 5.41) is 0. The summed E-state index contributed by atoms with van der Waals surface area (Å²) < 4.78 is 18.7. The lowest BCUT2D eigenvalue weighted by Crippen LogP contribution is -2.25. The molecule has 0 amide bonds. The van der Waals surface area contributed by atoms with Crippen LogP contribution in [0, 0.1) is 0 Å². The van der Waals surface area contributed by atoms with E-state index in [1.165, 1.54) is 0 Å². The first-order chi connectivity index (χ1) is 7.65. The summed E-state index contributed by atoms with van der Waals surface area (Å²) in [7, 11) is 0. The van der Waals surface area contributed by atoms with E-state index in [-0.39, 0.29) is 0 Å². The Morgan fingerprint density at radius 1 is 1.50 bits per heavy atom. The summed E-state index contributed by atoms with van der Waals surface area (Å²) in [5.74, 6) is -1.01. The molecule has 0 heterocycles. The molecule has 2 atom stereocenters. The van der Waals surface area contributed by atoms with Crippen molar-refractivity contribution in [2.75, 3.05) is 0 Å². The van der Waals surface area contributed by atoms with Gasteiger partial charge in [-0.15, -0.1) is 0 Å². The molecule has 6 heteroatoms. The number of nitrogens with one attached hydrogen (secondary N) is 1. The fraction of sp³-hybridized carbons (Fsp3) is 0.300. The Labute approximate surface area is 96.2 Å². The number of rotatable bonds is 5. The largest absolute Gasteiger partial charge is 0.355 e. The van der Waals surface area contributed by atoms with E-state index in [2.05, 4.69) is 4.84 Å². The Bertz CT molecular complexity index is 368.